The molecule has 4 rings (SSSR count). The number of anilines is 1. The smallest absolute Gasteiger partial charge is 0.271 e. The molecule has 1 aromatic heterocycles. The summed E-state index contributed by atoms with van der Waals surface area (Å²) in [6.07, 6.45) is 1.19. The van der Waals surface area contributed by atoms with Crippen molar-refractivity contribution in [2.75, 3.05) is 12.4 Å². The van der Waals surface area contributed by atoms with Gasteiger partial charge in [-0.1, -0.05) is 47.1 Å². The molecule has 3 aromatic rings. The molecular weight excluding hydrogens is 370 g/mol. The zero-order valence-corrected chi connectivity index (χ0v) is 16.2. The van der Waals surface area contributed by atoms with E-state index >= 15 is 0 Å². The molecule has 8 nitrogen and oxygen atoms in total. The van der Waals surface area contributed by atoms with Crippen molar-refractivity contribution < 1.29 is 14.4 Å². The van der Waals surface area contributed by atoms with Gasteiger partial charge in [-0.15, -0.1) is 5.10 Å². The highest BCUT2D eigenvalue weighted by Gasteiger charge is 2.30. The van der Waals surface area contributed by atoms with Crippen LogP contribution >= 0.6 is 0 Å². The largest absolute Gasteiger partial charge is 0.496 e. The summed E-state index contributed by atoms with van der Waals surface area (Å²) >= 11 is 0. The number of ether oxygens (including phenoxy) is 1. The number of amides is 1. The normalized spacial score (nSPS) is 15.5. The lowest BCUT2D eigenvalue weighted by Crippen LogP contribution is -2.28. The number of nitrogens with zero attached hydrogens (tertiary/aromatic N) is 4. The van der Waals surface area contributed by atoms with Crippen LogP contribution < -0.4 is 10.1 Å². The molecule has 0 saturated heterocycles. The molecule has 1 aliphatic heterocycles. The van der Waals surface area contributed by atoms with Gasteiger partial charge in [-0.25, -0.2) is 9.67 Å². The van der Waals surface area contributed by atoms with Crippen LogP contribution in [0.5, 0.6) is 5.75 Å². The topological polar surface area (TPSA) is 90.6 Å². The first kappa shape index (κ1) is 18.7. The van der Waals surface area contributed by atoms with Crippen LogP contribution in [0.25, 0.3) is 0 Å². The lowest BCUT2D eigenvalue weighted by molar-refractivity contribution is -0.125. The van der Waals surface area contributed by atoms with Gasteiger partial charge in [0, 0.05) is 12.0 Å². The summed E-state index contributed by atoms with van der Waals surface area (Å²) in [5.74, 6) is 0.579. The Kier molecular flexibility index (Phi) is 5.24. The molecule has 148 valence electrons. The average molecular weight is 391 g/mol. The number of hydrogen-bond acceptors (Lipinski definition) is 6. The minimum atomic E-state index is -0.737. The van der Waals surface area contributed by atoms with Crippen LogP contribution in [0.2, 0.25) is 0 Å². The zero-order valence-electron chi connectivity index (χ0n) is 16.2. The number of aryl methyl sites for hydroxylation is 1. The van der Waals surface area contributed by atoms with E-state index in [0.29, 0.717) is 24.4 Å². The van der Waals surface area contributed by atoms with Crippen molar-refractivity contribution in [2.45, 2.75) is 26.0 Å². The first-order chi connectivity index (χ1) is 14.1. The van der Waals surface area contributed by atoms with E-state index in [1.165, 1.54) is 5.56 Å². The molecule has 0 bridgehead atoms. The second-order valence-electron chi connectivity index (χ2n) is 6.78. The fourth-order valence-electron chi connectivity index (χ4n) is 3.06. The molecule has 1 N–H and O–H groups in total. The summed E-state index contributed by atoms with van der Waals surface area (Å²) in [7, 11) is 1.60. The van der Waals surface area contributed by atoms with E-state index in [0.717, 1.165) is 11.1 Å². The molecule has 8 heteroatoms. The van der Waals surface area contributed by atoms with Crippen molar-refractivity contribution in [3.63, 3.8) is 0 Å². The predicted molar refractivity (Wildman–Crippen MR) is 108 cm³/mol. The maximum absolute atomic E-state index is 12.5. The van der Waals surface area contributed by atoms with Crippen LogP contribution in [0, 0.1) is 6.92 Å². The summed E-state index contributed by atoms with van der Waals surface area (Å²) in [5.41, 5.74) is 3.78. The van der Waals surface area contributed by atoms with E-state index < -0.39 is 6.10 Å². The third-order valence-corrected chi connectivity index (χ3v) is 4.62. The number of para-hydroxylation sites is 1. The van der Waals surface area contributed by atoms with E-state index in [-0.39, 0.29) is 11.9 Å². The van der Waals surface area contributed by atoms with Gasteiger partial charge in [0.15, 0.2) is 0 Å². The van der Waals surface area contributed by atoms with Gasteiger partial charge in [-0.2, -0.15) is 0 Å². The Morgan fingerprint density at radius 3 is 2.83 bits per heavy atom. The first-order valence-corrected chi connectivity index (χ1v) is 9.24. The first-order valence-electron chi connectivity index (χ1n) is 9.24. The van der Waals surface area contributed by atoms with Gasteiger partial charge < -0.3 is 9.57 Å². The van der Waals surface area contributed by atoms with Crippen molar-refractivity contribution in [1.82, 2.24) is 14.8 Å². The molecule has 1 unspecified atom stereocenters. The fourth-order valence-corrected chi connectivity index (χ4v) is 3.06. The van der Waals surface area contributed by atoms with Crippen LogP contribution in [-0.4, -0.2) is 39.6 Å². The van der Waals surface area contributed by atoms with Crippen LogP contribution in [0.1, 0.15) is 23.1 Å². The Bertz CT molecular complexity index is 1040. The Hall–Kier alpha value is -3.68. The Morgan fingerprint density at radius 1 is 1.24 bits per heavy atom. The highest BCUT2D eigenvalue weighted by atomic mass is 16.6. The Balaban J connectivity index is 1.36. The molecule has 1 atom stereocenters. The SMILES string of the molecule is COc1ccccc1C1=NOC(C(=O)Nc2ncn(Cc3ccc(C)cc3)n2)C1. The third-order valence-electron chi connectivity index (χ3n) is 4.62. The van der Waals surface area contributed by atoms with Crippen molar-refractivity contribution in [1.29, 1.82) is 0 Å². The van der Waals surface area contributed by atoms with Crippen molar-refractivity contribution in [3.8, 4) is 5.75 Å². The number of carbonyl (C=O) groups excluding carboxylic acids is 1. The van der Waals surface area contributed by atoms with Gasteiger partial charge in [0.1, 0.15) is 12.1 Å². The number of carbonyl (C=O) groups is 1. The lowest BCUT2D eigenvalue weighted by Gasteiger charge is -2.08. The van der Waals surface area contributed by atoms with Gasteiger partial charge in [0.05, 0.1) is 19.4 Å². The summed E-state index contributed by atoms with van der Waals surface area (Å²) in [5, 5.41) is 11.0. The van der Waals surface area contributed by atoms with Crippen molar-refractivity contribution in [2.24, 2.45) is 5.16 Å². The molecule has 2 aromatic carbocycles. The maximum atomic E-state index is 12.5. The molecule has 1 amide bonds. The van der Waals surface area contributed by atoms with Crippen molar-refractivity contribution in [3.05, 3.63) is 71.5 Å². The number of methoxy groups -OCH3 is 1. The van der Waals surface area contributed by atoms with E-state index in [1.54, 1.807) is 18.1 Å². The van der Waals surface area contributed by atoms with Gasteiger partial charge in [-0.05, 0) is 24.6 Å². The summed E-state index contributed by atoms with van der Waals surface area (Å²) in [6, 6.07) is 15.7. The Labute approximate surface area is 168 Å². The van der Waals surface area contributed by atoms with Gasteiger partial charge in [-0.3, -0.25) is 10.1 Å². The molecule has 29 heavy (non-hydrogen) atoms. The molecule has 0 aliphatic carbocycles. The summed E-state index contributed by atoms with van der Waals surface area (Å²) in [4.78, 5) is 22.0. The molecule has 0 saturated carbocycles. The number of nitrogens with one attached hydrogen (secondary N) is 1. The highest BCUT2D eigenvalue weighted by molar-refractivity contribution is 6.07. The molecule has 0 fully saturated rings. The van der Waals surface area contributed by atoms with E-state index in [2.05, 4.69) is 20.6 Å². The minimum absolute atomic E-state index is 0.233. The second kappa shape index (κ2) is 8.14. The number of rotatable bonds is 6. The van der Waals surface area contributed by atoms with Crippen LogP contribution in [0.3, 0.4) is 0 Å². The van der Waals surface area contributed by atoms with Gasteiger partial charge >= 0.3 is 0 Å². The number of hydrogen-bond donors (Lipinski definition) is 1. The predicted octanol–water partition coefficient (Wildman–Crippen LogP) is 2.78. The average Bonchev–Trinajstić information content (AvgIpc) is 3.39. The van der Waals surface area contributed by atoms with Crippen LogP contribution in [0.15, 0.2) is 60.0 Å². The third kappa shape index (κ3) is 4.26. The van der Waals surface area contributed by atoms with Crippen LogP contribution in [0.4, 0.5) is 5.95 Å². The van der Waals surface area contributed by atoms with Gasteiger partial charge in [0.2, 0.25) is 12.1 Å². The molecule has 1 aliphatic rings. The molecule has 2 heterocycles. The van der Waals surface area contributed by atoms with E-state index in [4.69, 9.17) is 9.57 Å². The zero-order chi connectivity index (χ0) is 20.2. The molecule has 0 spiro atoms. The highest BCUT2D eigenvalue weighted by Crippen LogP contribution is 2.24. The van der Waals surface area contributed by atoms with E-state index in [1.807, 2.05) is 55.5 Å². The fraction of sp³-hybridized carbons (Fsp3) is 0.238. The Morgan fingerprint density at radius 2 is 2.03 bits per heavy atom. The van der Waals surface area contributed by atoms with E-state index in [9.17, 15) is 4.79 Å². The summed E-state index contributed by atoms with van der Waals surface area (Å²) in [6.45, 7) is 2.62. The number of aromatic nitrogens is 3. The maximum Gasteiger partial charge on any atom is 0.271 e. The second-order valence-corrected chi connectivity index (χ2v) is 6.78. The summed E-state index contributed by atoms with van der Waals surface area (Å²) < 4.78 is 7.02. The van der Waals surface area contributed by atoms with Crippen molar-refractivity contribution >= 4 is 17.6 Å². The lowest BCUT2D eigenvalue weighted by atomic mass is 10.0. The number of benzene rings is 2. The monoisotopic (exact) mass is 391 g/mol. The molecular formula is C21H21N5O3. The number of oxime groups is 1. The minimum Gasteiger partial charge on any atom is -0.496 e. The van der Waals surface area contributed by atoms with Gasteiger partial charge in [0.25, 0.3) is 5.91 Å². The standard InChI is InChI=1S/C21H21N5O3/c1-14-7-9-15(10-8-14)12-26-13-22-21(24-26)23-20(27)19-11-17(25-29-19)16-5-3-4-6-18(16)28-2/h3-10,13,19H,11-12H2,1-2H3,(H,23,24,27). The molecule has 0 radical (unpaired) electrons. The quantitative estimate of drug-likeness (QED) is 0.698. The van der Waals surface area contributed by atoms with Crippen LogP contribution in [-0.2, 0) is 16.2 Å².